The zero-order chi connectivity index (χ0) is 58.5. The molecule has 9 rings (SSSR count). The van der Waals surface area contributed by atoms with Crippen LogP contribution in [0.25, 0.3) is 33.4 Å². The van der Waals surface area contributed by atoms with Gasteiger partial charge in [0, 0.05) is 58.2 Å². The van der Waals surface area contributed by atoms with E-state index in [1.165, 1.54) is 111 Å². The third-order valence-electron chi connectivity index (χ3n) is 14.2. The fourth-order valence-electron chi connectivity index (χ4n) is 9.96. The average Bonchev–Trinajstić information content (AvgIpc) is 4.26. The van der Waals surface area contributed by atoms with Crippen LogP contribution >= 0.6 is 10.7 Å². The molecular weight excluding hydrogens is 1170 g/mol. The van der Waals surface area contributed by atoms with Gasteiger partial charge in [-0.3, -0.25) is 9.59 Å². The number of nitrogens with two attached hydrogens (primary N) is 1. The molecule has 0 aromatic heterocycles. The Hall–Kier alpha value is -4.97. The number of ether oxygens (including phenoxy) is 2. The molecule has 0 aliphatic heterocycles. The molecule has 12 nitrogen and oxygen atoms in total. The van der Waals surface area contributed by atoms with Gasteiger partial charge >= 0.3 is 30.8 Å². The predicted molar refractivity (Wildman–Crippen MR) is 302 cm³/mol. The van der Waals surface area contributed by atoms with Crippen LogP contribution in [0.4, 0.5) is 26.3 Å². The first-order valence-corrected chi connectivity index (χ1v) is 31.0. The fourth-order valence-corrected chi connectivity index (χ4v) is 14.1. The van der Waals surface area contributed by atoms with Gasteiger partial charge in [0.25, 0.3) is 9.05 Å². The van der Waals surface area contributed by atoms with Crippen LogP contribution in [0, 0.1) is 64.5 Å². The first-order valence-electron chi connectivity index (χ1n) is 25.4. The zero-order valence-corrected chi connectivity index (χ0v) is 47.8. The molecule has 0 heterocycles. The maximum absolute atomic E-state index is 13.9. The van der Waals surface area contributed by atoms with Gasteiger partial charge in [-0.25, -0.2) is 51.6 Å². The SMILES string of the molecule is COC(=O)[C@H]1CC[C@H](CS(=O)(=O)c2ccc(-c3ccc(F)cc3F)cc2)C1.COC(=O)[C@H]1CC[C@H](N)C1.O=S(=O)(C[C@H]1CC[C@H](CO)C1)c1ccc(-c2ccc(F)cc2F)cc1.O=S(=O)(Cl)c1ccc(-c2ccc(F)cc2F)cc1.[AlH3].[H-].[Li+]. The summed E-state index contributed by atoms with van der Waals surface area (Å²) in [6.07, 6.45) is 6.86. The van der Waals surface area contributed by atoms with Crippen LogP contribution in [-0.4, -0.2) is 98.0 Å². The monoisotopic (exact) mass is 1230 g/mol. The first-order chi connectivity index (χ1) is 37.8. The molecule has 3 fully saturated rings. The van der Waals surface area contributed by atoms with Crippen molar-refractivity contribution in [2.75, 3.05) is 32.3 Å². The minimum Gasteiger partial charge on any atom is -1.00 e. The number of esters is 2. The summed E-state index contributed by atoms with van der Waals surface area (Å²) in [6.45, 7) is 0.106. The van der Waals surface area contributed by atoms with E-state index in [1.807, 2.05) is 0 Å². The Kier molecular flexibility index (Phi) is 26.5. The smallest absolute Gasteiger partial charge is 1.00 e. The number of sulfone groups is 2. The molecule has 0 unspecified atom stereocenters. The molecule has 3 aliphatic carbocycles. The van der Waals surface area contributed by atoms with E-state index in [9.17, 15) is 66.3 Å². The number of hydrogen-bond donors (Lipinski definition) is 2. The zero-order valence-electron chi connectivity index (χ0n) is 45.6. The number of carbonyl (C=O) groups is 2. The van der Waals surface area contributed by atoms with E-state index in [0.29, 0.717) is 36.0 Å². The van der Waals surface area contributed by atoms with E-state index in [-0.39, 0.29) is 135 Å². The summed E-state index contributed by atoms with van der Waals surface area (Å²) in [4.78, 5) is 22.7. The van der Waals surface area contributed by atoms with Gasteiger partial charge in [0.2, 0.25) is 0 Å². The van der Waals surface area contributed by atoms with Crippen molar-refractivity contribution in [3.8, 4) is 33.4 Å². The molecule has 0 amide bonds. The molecule has 0 saturated heterocycles. The van der Waals surface area contributed by atoms with Crippen LogP contribution in [0.15, 0.2) is 142 Å². The second kappa shape index (κ2) is 31.3. The topological polar surface area (TPSA) is 201 Å². The van der Waals surface area contributed by atoms with Crippen molar-refractivity contribution < 1.29 is 96.1 Å². The van der Waals surface area contributed by atoms with Crippen LogP contribution in [-0.2, 0) is 47.8 Å². The second-order valence-corrected chi connectivity index (χ2v) is 26.5. The average molecular weight is 1230 g/mol. The molecule has 6 aromatic rings. The number of benzene rings is 6. The molecule has 24 heteroatoms. The number of rotatable bonds is 13. The van der Waals surface area contributed by atoms with Crippen molar-refractivity contribution >= 4 is 68.7 Å². The minimum atomic E-state index is -3.80. The standard InChI is InChI=1S/C20H20F2O4S.C19H20F2O3S.C12H7ClF2O2S.C7H13NO2.Al.Li.4H/c1-26-20(23)15-3-2-13(10-15)12-27(24,25)17-7-4-14(5-8-17)18-9-6-16(21)11-19(18)22;20-16-5-8-18(19(21)10-16)15-3-6-17(7-4-15)25(23,24)12-14-2-1-13(9-14)11-22;13-18(16,17)10-4-1-8(2-5-10)11-6-3-9(14)7-12(11)15;1-10-7(9)5-2-3-6(8)4-5;;;;;;/h4-9,11,13,15H,2-3,10,12H2,1H3;3-8,10,13-14,22H,1-2,9,11-12H2;1-7H;5-6H,2-4,8H2,1H3;;;;;;/q;;;;;+1;;;;-1/t13-,15-;13-,14-;;5-,6-;;;;;;/m00.0....../s1. The molecule has 0 spiro atoms. The van der Waals surface area contributed by atoms with E-state index < -0.39 is 63.6 Å². The second-order valence-electron chi connectivity index (χ2n) is 19.9. The van der Waals surface area contributed by atoms with Crippen LogP contribution in [0.1, 0.15) is 59.2 Å². The van der Waals surface area contributed by atoms with Crippen LogP contribution in [0.2, 0.25) is 0 Å². The Balaban J connectivity index is 0.000000300. The van der Waals surface area contributed by atoms with Crippen molar-refractivity contribution in [2.24, 2.45) is 35.3 Å². The van der Waals surface area contributed by atoms with Crippen LogP contribution < -0.4 is 24.6 Å². The summed E-state index contributed by atoms with van der Waals surface area (Å²) < 4.78 is 162. The van der Waals surface area contributed by atoms with Gasteiger partial charge in [0.15, 0.2) is 37.0 Å². The predicted octanol–water partition coefficient (Wildman–Crippen LogP) is 7.59. The maximum Gasteiger partial charge on any atom is 1.00 e. The number of methoxy groups -OCH3 is 2. The molecule has 6 atom stereocenters. The van der Waals surface area contributed by atoms with E-state index in [0.717, 1.165) is 68.9 Å². The summed E-state index contributed by atoms with van der Waals surface area (Å²) in [5, 5.41) is 9.17. The summed E-state index contributed by atoms with van der Waals surface area (Å²) in [5.41, 5.74) is 7.64. The Labute approximate surface area is 503 Å². The quantitative estimate of drug-likeness (QED) is 0.0498. The number of aliphatic hydroxyl groups excluding tert-OH is 1. The Bertz CT molecular complexity index is 3470. The van der Waals surface area contributed by atoms with E-state index >= 15 is 0 Å². The number of hydrogen-bond acceptors (Lipinski definition) is 12. The van der Waals surface area contributed by atoms with Gasteiger partial charge in [-0.2, -0.15) is 0 Å². The molecule has 82 heavy (non-hydrogen) atoms. The number of halogens is 7. The molecular formula is C58H64AlClF6LiNO11S3. The summed E-state index contributed by atoms with van der Waals surface area (Å²) in [5.74, 6) is -4.45. The van der Waals surface area contributed by atoms with Crippen LogP contribution in [0.3, 0.4) is 0 Å². The van der Waals surface area contributed by atoms with Gasteiger partial charge in [0.05, 0.1) is 52.2 Å². The normalized spacial score (nSPS) is 19.3. The van der Waals surface area contributed by atoms with Crippen molar-refractivity contribution in [3.05, 3.63) is 162 Å². The molecule has 438 valence electrons. The molecule has 3 aliphatic rings. The number of aliphatic hydroxyl groups is 1. The first kappa shape index (κ1) is 69.5. The largest absolute Gasteiger partial charge is 1.00 e. The maximum atomic E-state index is 13.9. The fraction of sp³-hybridized carbons (Fsp3) is 0.345. The summed E-state index contributed by atoms with van der Waals surface area (Å²) in [7, 11) is -2.84. The summed E-state index contributed by atoms with van der Waals surface area (Å²) in [6, 6.07) is 27.2. The van der Waals surface area contributed by atoms with Crippen molar-refractivity contribution in [2.45, 2.75) is 78.5 Å². The van der Waals surface area contributed by atoms with E-state index in [1.54, 1.807) is 0 Å². The molecule has 3 saturated carbocycles. The molecule has 6 aromatic carbocycles. The Morgan fingerprint density at radius 3 is 1.16 bits per heavy atom. The minimum absolute atomic E-state index is 0. The van der Waals surface area contributed by atoms with Gasteiger partial charge in [-0.15, -0.1) is 0 Å². The molecule has 0 radical (unpaired) electrons. The molecule has 3 N–H and O–H groups in total. The van der Waals surface area contributed by atoms with E-state index in [4.69, 9.17) is 21.2 Å². The third kappa shape index (κ3) is 19.5. The van der Waals surface area contributed by atoms with Crippen LogP contribution in [0.5, 0.6) is 0 Å². The summed E-state index contributed by atoms with van der Waals surface area (Å²) >= 11 is 0. The van der Waals surface area contributed by atoms with Gasteiger partial charge in [-0.05, 0) is 165 Å². The van der Waals surface area contributed by atoms with Crippen molar-refractivity contribution in [1.29, 1.82) is 0 Å². The van der Waals surface area contributed by atoms with E-state index in [2.05, 4.69) is 4.74 Å². The van der Waals surface area contributed by atoms with Gasteiger partial charge in [-0.1, -0.05) is 36.4 Å². The third-order valence-corrected chi connectivity index (χ3v) is 19.4. The van der Waals surface area contributed by atoms with Crippen molar-refractivity contribution in [1.82, 2.24) is 0 Å². The Morgan fingerprint density at radius 1 is 0.512 bits per heavy atom. The number of carbonyl (C=O) groups excluding carboxylic acids is 2. The van der Waals surface area contributed by atoms with Gasteiger partial charge < -0.3 is 21.7 Å². The van der Waals surface area contributed by atoms with Crippen molar-refractivity contribution in [3.63, 3.8) is 0 Å². The Morgan fingerprint density at radius 2 is 0.841 bits per heavy atom. The molecule has 0 bridgehead atoms. The van der Waals surface area contributed by atoms with Gasteiger partial charge in [0.1, 0.15) is 34.9 Å².